The van der Waals surface area contributed by atoms with Crippen molar-refractivity contribution in [2.45, 2.75) is 13.8 Å². The van der Waals surface area contributed by atoms with Gasteiger partial charge in [-0.3, -0.25) is 0 Å². The van der Waals surface area contributed by atoms with E-state index in [0.29, 0.717) is 0 Å². The van der Waals surface area contributed by atoms with E-state index >= 15 is 0 Å². The van der Waals surface area contributed by atoms with Crippen LogP contribution in [0.5, 0.6) is 0 Å². The van der Waals surface area contributed by atoms with Crippen LogP contribution < -0.4 is 0 Å². The van der Waals surface area contributed by atoms with Gasteiger partial charge < -0.3 is 39.7 Å². The van der Waals surface area contributed by atoms with Crippen molar-refractivity contribution < 1.29 is 19.5 Å². The van der Waals surface area contributed by atoms with Gasteiger partial charge in [0, 0.05) is 0 Å². The first kappa shape index (κ1) is 29.8. The number of H-pyrrole nitrogens is 2. The summed E-state index contributed by atoms with van der Waals surface area (Å²) in [5.41, 5.74) is 2.29. The number of hydrogen-bond acceptors (Lipinski definition) is 0. The van der Waals surface area contributed by atoms with Gasteiger partial charge in [-0.05, 0) is 6.92 Å². The number of hydrogen-bond donors (Lipinski definition) is 2. The van der Waals surface area contributed by atoms with E-state index in [-0.39, 0.29) is 49.2 Å². The molecule has 2 nitrogen and oxygen atoms in total. The topological polar surface area (TPSA) is 31.6 Å². The first-order chi connectivity index (χ1) is 5.79. The van der Waals surface area contributed by atoms with E-state index in [1.54, 1.807) is 0 Å². The molecule has 0 aliphatic rings. The predicted molar refractivity (Wildman–Crippen MR) is 74.4 cm³/mol. The molecule has 0 bridgehead atoms. The maximum atomic E-state index is 3.08. The van der Waals surface area contributed by atoms with Crippen LogP contribution in [0.2, 0.25) is 0 Å². The molecule has 0 spiro atoms. The van der Waals surface area contributed by atoms with E-state index in [1.807, 2.05) is 38.2 Å². The number of aryl methyl sites for hydroxylation is 2. The summed E-state index contributed by atoms with van der Waals surface area (Å²) in [4.78, 5) is 5.82. The average Bonchev–Trinajstić information content (AvgIpc) is 2.63. The second-order valence-corrected chi connectivity index (χ2v) is 2.54. The van der Waals surface area contributed by atoms with E-state index in [9.17, 15) is 0 Å². The third kappa shape index (κ3) is 15.2. The molecule has 0 saturated carbocycles. The first-order valence-corrected chi connectivity index (χ1v) is 3.82. The third-order valence-corrected chi connectivity index (χ3v) is 1.33. The van der Waals surface area contributed by atoms with Crippen molar-refractivity contribution in [2.24, 2.45) is 0 Å². The molecule has 0 aliphatic carbocycles. The molecular weight excluding hydrogens is 297 g/mol. The summed E-state index contributed by atoms with van der Waals surface area (Å²) in [6.07, 6.45) is 4.56. The van der Waals surface area contributed by atoms with Crippen molar-refractivity contribution in [3.8, 4) is 0 Å². The minimum Gasteiger partial charge on any atom is -0.484 e. The van der Waals surface area contributed by atoms with Crippen molar-refractivity contribution in [3.63, 3.8) is 0 Å². The summed E-state index contributed by atoms with van der Waals surface area (Å²) < 4.78 is 0. The summed E-state index contributed by atoms with van der Waals surface area (Å²) >= 11 is 0. The summed E-state index contributed by atoms with van der Waals surface area (Å²) in [6, 6.07) is 8.66. The van der Waals surface area contributed by atoms with E-state index in [4.69, 9.17) is 0 Å². The van der Waals surface area contributed by atoms with Crippen molar-refractivity contribution in [1.29, 1.82) is 0 Å². The Kier molecular flexibility index (Phi) is 30.8. The Morgan fingerprint density at radius 3 is 1.76 bits per heavy atom. The van der Waals surface area contributed by atoms with Crippen LogP contribution in [-0.2, 0) is 19.5 Å². The Hall–Kier alpha value is -0.817. The summed E-state index contributed by atoms with van der Waals surface area (Å²) in [5, 5.41) is 0. The van der Waals surface area contributed by atoms with Crippen LogP contribution in [0, 0.1) is 55.8 Å². The Labute approximate surface area is 121 Å². The summed E-state index contributed by atoms with van der Waals surface area (Å²) in [6.45, 7) is 4.01. The molecule has 0 aliphatic heterocycles. The average molecular weight is 321 g/mol. The molecule has 2 aromatic heterocycles. The maximum Gasteiger partial charge on any atom is 6.00 e. The second kappa shape index (κ2) is 17.6. The van der Waals surface area contributed by atoms with Crippen LogP contribution in [0.15, 0.2) is 24.4 Å². The van der Waals surface area contributed by atoms with Gasteiger partial charge in [-0.15, -0.1) is 11.9 Å². The fraction of sp³-hybridized carbons (Fsp3) is 0.143. The quantitative estimate of drug-likeness (QED) is 0.542. The zero-order valence-electron chi connectivity index (χ0n) is 11.7. The zero-order valence-corrected chi connectivity index (χ0v) is 13.4. The van der Waals surface area contributed by atoms with Gasteiger partial charge in [0.1, 0.15) is 0 Å². The molecule has 0 atom stereocenters. The molecule has 0 saturated heterocycles. The Balaban J connectivity index is -0.0000000447. The van der Waals surface area contributed by atoms with Crippen molar-refractivity contribution in [3.05, 3.63) is 77.8 Å². The van der Waals surface area contributed by atoms with Gasteiger partial charge in [0.05, 0.1) is 0 Å². The molecule has 0 unspecified atom stereocenters. The van der Waals surface area contributed by atoms with Gasteiger partial charge in [0.15, 0.2) is 0 Å². The fourth-order valence-electron chi connectivity index (χ4n) is 0.825. The molecule has 98 valence electrons. The maximum absolute atomic E-state index is 3.08. The van der Waals surface area contributed by atoms with E-state index < -0.39 is 0 Å². The van der Waals surface area contributed by atoms with Crippen LogP contribution in [0.1, 0.15) is 11.4 Å². The predicted octanol–water partition coefficient (Wildman–Crippen LogP) is 4.05. The molecular formula is C14H24N2Ru. The number of aromatic amines is 2. The minimum absolute atomic E-state index is 0. The van der Waals surface area contributed by atoms with Crippen molar-refractivity contribution in [1.82, 2.24) is 9.97 Å². The van der Waals surface area contributed by atoms with Crippen molar-refractivity contribution in [2.75, 3.05) is 0 Å². The van der Waals surface area contributed by atoms with E-state index in [2.05, 4.69) is 22.2 Å². The van der Waals surface area contributed by atoms with Crippen LogP contribution in [0.3, 0.4) is 0 Å². The Bertz CT molecular complexity index is 266. The summed E-state index contributed by atoms with van der Waals surface area (Å²) in [5.74, 6) is 0. The molecule has 0 fully saturated rings. The van der Waals surface area contributed by atoms with Gasteiger partial charge in [-0.25, -0.2) is 12.1 Å². The third-order valence-electron chi connectivity index (χ3n) is 1.33. The van der Waals surface area contributed by atoms with Gasteiger partial charge in [-0.1, -0.05) is 12.6 Å². The normalized spacial score (nSPS) is 6.24. The van der Waals surface area contributed by atoms with Crippen LogP contribution >= 0.6 is 0 Å². The molecule has 2 heterocycles. The molecule has 0 radical (unpaired) electrons. The van der Waals surface area contributed by atoms with Crippen LogP contribution in [0.4, 0.5) is 0 Å². The number of aromatic nitrogens is 2. The molecule has 0 aromatic carbocycles. The van der Waals surface area contributed by atoms with Gasteiger partial charge in [0.25, 0.3) is 0 Å². The van der Waals surface area contributed by atoms with Crippen molar-refractivity contribution >= 4 is 0 Å². The van der Waals surface area contributed by atoms with Gasteiger partial charge in [-0.2, -0.15) is 18.3 Å². The van der Waals surface area contributed by atoms with E-state index in [1.165, 1.54) is 5.69 Å². The molecule has 2 rings (SSSR count). The van der Waals surface area contributed by atoms with Gasteiger partial charge >= 0.3 is 19.5 Å². The van der Waals surface area contributed by atoms with Gasteiger partial charge in [0.2, 0.25) is 0 Å². The molecule has 3 heteroatoms. The standard InChI is InChI=1S/C6H8N.C4H4N.4CH3.Ru/c1-5-3-4-6(2)7-5;1-2-4-5-3-1;;;;;/h3,7H,1-2H3;1-3,5H;4*1H3;/q6*-1;+6. The zero-order chi connectivity index (χ0) is 8.81. The first-order valence-electron chi connectivity index (χ1n) is 3.82. The minimum atomic E-state index is 0. The molecule has 17 heavy (non-hydrogen) atoms. The smallest absolute Gasteiger partial charge is 0.484 e. The van der Waals surface area contributed by atoms with Crippen LogP contribution in [0.25, 0.3) is 0 Å². The van der Waals surface area contributed by atoms with E-state index in [0.717, 1.165) is 5.69 Å². The number of nitrogens with one attached hydrogen (secondary N) is 2. The monoisotopic (exact) mass is 322 g/mol. The summed E-state index contributed by atoms with van der Waals surface area (Å²) in [7, 11) is 0. The molecule has 2 aromatic rings. The second-order valence-electron chi connectivity index (χ2n) is 2.54. The Morgan fingerprint density at radius 1 is 1.06 bits per heavy atom. The molecule has 2 N–H and O–H groups in total. The number of rotatable bonds is 0. The largest absolute Gasteiger partial charge is 6.00 e. The Morgan fingerprint density at radius 2 is 1.65 bits per heavy atom. The fourth-order valence-corrected chi connectivity index (χ4v) is 0.825. The van der Waals surface area contributed by atoms with Crippen LogP contribution in [-0.4, -0.2) is 9.97 Å². The molecule has 0 amide bonds. The SMILES string of the molecule is Cc1[c-]cc(C)[nH]1.[CH3-].[CH3-].[CH3-].[CH3-].[Ru+6].[c-]1ccc[nH]1.